The van der Waals surface area contributed by atoms with Gasteiger partial charge in [0.15, 0.2) is 0 Å². The van der Waals surface area contributed by atoms with E-state index in [0.717, 1.165) is 5.69 Å². The van der Waals surface area contributed by atoms with E-state index in [0.29, 0.717) is 17.1 Å². The Morgan fingerprint density at radius 3 is 2.83 bits per heavy atom. The number of rotatable bonds is 4. The van der Waals surface area contributed by atoms with Crippen LogP contribution >= 0.6 is 23.2 Å². The molecule has 2 rings (SSSR count). The zero-order valence-electron chi connectivity index (χ0n) is 9.67. The fraction of sp³-hybridized carbons (Fsp3) is 0.250. The van der Waals surface area contributed by atoms with Crippen LogP contribution in [0.2, 0.25) is 10.0 Å². The van der Waals surface area contributed by atoms with Gasteiger partial charge in [-0.1, -0.05) is 23.2 Å². The van der Waals surface area contributed by atoms with Crippen LogP contribution in [-0.4, -0.2) is 10.2 Å². The summed E-state index contributed by atoms with van der Waals surface area (Å²) in [5.41, 5.74) is 1.63. The van der Waals surface area contributed by atoms with Crippen LogP contribution in [0.1, 0.15) is 24.2 Å². The molecular formula is C12H12Cl2FN3. The van der Waals surface area contributed by atoms with Gasteiger partial charge >= 0.3 is 0 Å². The molecule has 1 aromatic carbocycles. The van der Waals surface area contributed by atoms with Gasteiger partial charge in [-0.15, -0.1) is 0 Å². The lowest BCUT2D eigenvalue weighted by Gasteiger charge is -2.15. The van der Waals surface area contributed by atoms with E-state index in [2.05, 4.69) is 15.5 Å². The van der Waals surface area contributed by atoms with Crippen molar-refractivity contribution < 1.29 is 4.39 Å². The smallest absolute Gasteiger partial charge is 0.142 e. The predicted octanol–water partition coefficient (Wildman–Crippen LogP) is 3.71. The Bertz CT molecular complexity index is 528. The van der Waals surface area contributed by atoms with Crippen LogP contribution in [0.25, 0.3) is 0 Å². The highest BCUT2D eigenvalue weighted by Gasteiger charge is 2.13. The van der Waals surface area contributed by atoms with E-state index in [9.17, 15) is 4.39 Å². The number of hydrogen-bond donors (Lipinski definition) is 2. The van der Waals surface area contributed by atoms with Crippen molar-refractivity contribution >= 4 is 23.2 Å². The Kier molecular flexibility index (Phi) is 4.22. The summed E-state index contributed by atoms with van der Waals surface area (Å²) in [5.74, 6) is -0.466. The number of nitrogens with one attached hydrogen (secondary N) is 2. The fourth-order valence-corrected chi connectivity index (χ4v) is 2.17. The minimum Gasteiger partial charge on any atom is -0.305 e. The first-order chi connectivity index (χ1) is 8.58. The molecule has 0 aliphatic carbocycles. The van der Waals surface area contributed by atoms with Crippen LogP contribution in [0, 0.1) is 5.82 Å². The van der Waals surface area contributed by atoms with Gasteiger partial charge in [0.1, 0.15) is 5.82 Å². The summed E-state index contributed by atoms with van der Waals surface area (Å²) in [6, 6.07) is 4.55. The molecule has 1 unspecified atom stereocenters. The summed E-state index contributed by atoms with van der Waals surface area (Å²) < 4.78 is 13.4. The van der Waals surface area contributed by atoms with E-state index >= 15 is 0 Å². The summed E-state index contributed by atoms with van der Waals surface area (Å²) in [7, 11) is 0. The molecule has 1 aromatic heterocycles. The first-order valence-corrected chi connectivity index (χ1v) is 6.19. The average molecular weight is 288 g/mol. The van der Waals surface area contributed by atoms with E-state index in [1.807, 2.05) is 13.0 Å². The highest BCUT2D eigenvalue weighted by molar-refractivity contribution is 6.35. The molecule has 0 bridgehead atoms. The van der Waals surface area contributed by atoms with Crippen molar-refractivity contribution in [2.45, 2.75) is 19.5 Å². The molecule has 0 spiro atoms. The van der Waals surface area contributed by atoms with E-state index in [1.165, 1.54) is 12.1 Å². The molecule has 2 N–H and O–H groups in total. The lowest BCUT2D eigenvalue weighted by molar-refractivity contribution is 0.559. The standard InChI is InChI=1S/C12H12Cl2FN3/c1-7(16-6-8-2-3-17-18-8)9-4-12(15)11(14)5-10(9)13/h2-5,7,16H,6H2,1H3,(H,17,18). The first-order valence-electron chi connectivity index (χ1n) is 5.44. The minimum atomic E-state index is -0.466. The number of aromatic nitrogens is 2. The Morgan fingerprint density at radius 2 is 2.17 bits per heavy atom. The Hall–Kier alpha value is -1.10. The van der Waals surface area contributed by atoms with Gasteiger partial charge in [-0.05, 0) is 30.7 Å². The van der Waals surface area contributed by atoms with E-state index in [-0.39, 0.29) is 11.1 Å². The number of aromatic amines is 1. The van der Waals surface area contributed by atoms with Crippen molar-refractivity contribution in [2.75, 3.05) is 0 Å². The van der Waals surface area contributed by atoms with Crippen LogP contribution in [-0.2, 0) is 6.54 Å². The molecule has 96 valence electrons. The monoisotopic (exact) mass is 287 g/mol. The molecule has 0 fully saturated rings. The number of H-pyrrole nitrogens is 1. The van der Waals surface area contributed by atoms with Gasteiger partial charge in [0.05, 0.1) is 5.02 Å². The van der Waals surface area contributed by atoms with Crippen LogP contribution in [0.4, 0.5) is 4.39 Å². The van der Waals surface area contributed by atoms with E-state index in [4.69, 9.17) is 23.2 Å². The Morgan fingerprint density at radius 1 is 1.39 bits per heavy atom. The quantitative estimate of drug-likeness (QED) is 0.842. The molecule has 0 aliphatic heterocycles. The largest absolute Gasteiger partial charge is 0.305 e. The summed E-state index contributed by atoms with van der Waals surface area (Å²) in [6.45, 7) is 2.51. The van der Waals surface area contributed by atoms with Crippen molar-refractivity contribution in [3.05, 3.63) is 51.5 Å². The van der Waals surface area contributed by atoms with Crippen LogP contribution in [0.15, 0.2) is 24.4 Å². The molecule has 2 aromatic rings. The normalized spacial score (nSPS) is 12.7. The van der Waals surface area contributed by atoms with Gasteiger partial charge in [-0.2, -0.15) is 5.10 Å². The molecule has 0 aliphatic rings. The van der Waals surface area contributed by atoms with Gasteiger partial charge in [0, 0.05) is 29.5 Å². The summed E-state index contributed by atoms with van der Waals surface area (Å²) in [4.78, 5) is 0. The topological polar surface area (TPSA) is 40.7 Å². The number of nitrogens with zero attached hydrogens (tertiary/aromatic N) is 1. The summed E-state index contributed by atoms with van der Waals surface area (Å²) in [5, 5.41) is 10.4. The molecule has 0 radical (unpaired) electrons. The molecule has 6 heteroatoms. The zero-order valence-corrected chi connectivity index (χ0v) is 11.2. The number of hydrogen-bond acceptors (Lipinski definition) is 2. The maximum absolute atomic E-state index is 13.4. The van der Waals surface area contributed by atoms with Gasteiger partial charge in [-0.25, -0.2) is 4.39 Å². The van der Waals surface area contributed by atoms with Crippen molar-refractivity contribution in [2.24, 2.45) is 0 Å². The van der Waals surface area contributed by atoms with Gasteiger partial charge in [0.2, 0.25) is 0 Å². The molecule has 0 saturated heterocycles. The lowest BCUT2D eigenvalue weighted by Crippen LogP contribution is -2.18. The summed E-state index contributed by atoms with van der Waals surface area (Å²) >= 11 is 11.7. The van der Waals surface area contributed by atoms with Gasteiger partial charge in [0.25, 0.3) is 0 Å². The first kappa shape index (κ1) is 13.3. The maximum atomic E-state index is 13.4. The molecule has 18 heavy (non-hydrogen) atoms. The molecule has 0 saturated carbocycles. The van der Waals surface area contributed by atoms with Crippen LogP contribution in [0.3, 0.4) is 0 Å². The lowest BCUT2D eigenvalue weighted by atomic mass is 10.1. The van der Waals surface area contributed by atoms with Crippen molar-refractivity contribution in [1.29, 1.82) is 0 Å². The highest BCUT2D eigenvalue weighted by Crippen LogP contribution is 2.28. The molecule has 3 nitrogen and oxygen atoms in total. The third-order valence-corrected chi connectivity index (χ3v) is 3.28. The van der Waals surface area contributed by atoms with E-state index in [1.54, 1.807) is 6.20 Å². The van der Waals surface area contributed by atoms with Crippen molar-refractivity contribution in [1.82, 2.24) is 15.5 Å². The molecular weight excluding hydrogens is 276 g/mol. The van der Waals surface area contributed by atoms with E-state index < -0.39 is 5.82 Å². The molecule has 1 atom stereocenters. The zero-order chi connectivity index (χ0) is 13.1. The molecule has 1 heterocycles. The van der Waals surface area contributed by atoms with Gasteiger partial charge < -0.3 is 5.32 Å². The van der Waals surface area contributed by atoms with Crippen molar-refractivity contribution in [3.63, 3.8) is 0 Å². The second kappa shape index (κ2) is 5.69. The Labute approximate surface area is 114 Å². The highest BCUT2D eigenvalue weighted by atomic mass is 35.5. The van der Waals surface area contributed by atoms with Crippen molar-refractivity contribution in [3.8, 4) is 0 Å². The minimum absolute atomic E-state index is 0.0320. The SMILES string of the molecule is CC(NCc1ccn[nH]1)c1cc(F)c(Cl)cc1Cl. The summed E-state index contributed by atoms with van der Waals surface area (Å²) in [6.07, 6.45) is 1.68. The third-order valence-electron chi connectivity index (χ3n) is 2.66. The van der Waals surface area contributed by atoms with Crippen LogP contribution < -0.4 is 5.32 Å². The average Bonchev–Trinajstić information content (AvgIpc) is 2.84. The van der Waals surface area contributed by atoms with Crippen LogP contribution in [0.5, 0.6) is 0 Å². The third kappa shape index (κ3) is 3.02. The Balaban J connectivity index is 2.09. The predicted molar refractivity (Wildman–Crippen MR) is 70.3 cm³/mol. The second-order valence-corrected chi connectivity index (χ2v) is 4.79. The number of benzene rings is 1. The van der Waals surface area contributed by atoms with Gasteiger partial charge in [-0.3, -0.25) is 5.10 Å². The number of halogens is 3. The fourth-order valence-electron chi connectivity index (χ4n) is 1.63. The maximum Gasteiger partial charge on any atom is 0.142 e. The molecule has 0 amide bonds. The second-order valence-electron chi connectivity index (χ2n) is 3.97.